The molecule has 1 heterocycles. The van der Waals surface area contributed by atoms with Gasteiger partial charge in [-0.25, -0.2) is 4.79 Å². The fourth-order valence-electron chi connectivity index (χ4n) is 2.22. The highest BCUT2D eigenvalue weighted by molar-refractivity contribution is 9.10. The maximum atomic E-state index is 12.3. The second-order valence-corrected chi connectivity index (χ2v) is 7.72. The van der Waals surface area contributed by atoms with E-state index in [0.717, 1.165) is 0 Å². The Morgan fingerprint density at radius 2 is 2.00 bits per heavy atom. The van der Waals surface area contributed by atoms with Gasteiger partial charge in [-0.05, 0) is 51.8 Å². The summed E-state index contributed by atoms with van der Waals surface area (Å²) >= 11 is 9.56. The number of ether oxygens (including phenoxy) is 2. The lowest BCUT2D eigenvalue weighted by Gasteiger charge is -2.12. The minimum atomic E-state index is -0.494. The van der Waals surface area contributed by atoms with Gasteiger partial charge >= 0.3 is 5.97 Å². The summed E-state index contributed by atoms with van der Waals surface area (Å²) in [5.74, 6) is -0.106. The van der Waals surface area contributed by atoms with Gasteiger partial charge in [-0.2, -0.15) is 0 Å². The van der Waals surface area contributed by atoms with Gasteiger partial charge in [0.2, 0.25) is 0 Å². The molecule has 1 aliphatic rings. The Morgan fingerprint density at radius 3 is 2.62 bits per heavy atom. The third-order valence-corrected chi connectivity index (χ3v) is 5.15. The highest BCUT2D eigenvalue weighted by atomic mass is 79.9. The number of hydrogen-bond donors (Lipinski definition) is 1. The molecule has 0 atom stereocenters. The molecule has 132 valence electrons. The molecular formula is C18H12BrNO4S2. The standard InChI is InChI=1S/C18H12BrNO4S2/c1-23-13-8-10(9-14-16(21)20-18(25)26-14)7-12(19)15(13)24-17(22)11-5-3-2-4-6-11/h2-9H,1H3,(H,20,21,25). The number of methoxy groups -OCH3 is 1. The molecule has 0 unspecified atom stereocenters. The van der Waals surface area contributed by atoms with E-state index in [-0.39, 0.29) is 11.7 Å². The van der Waals surface area contributed by atoms with E-state index in [4.69, 9.17) is 21.7 Å². The molecule has 0 bridgehead atoms. The number of benzene rings is 2. The molecule has 2 aromatic carbocycles. The van der Waals surface area contributed by atoms with Gasteiger partial charge in [0.1, 0.15) is 4.32 Å². The summed E-state index contributed by atoms with van der Waals surface area (Å²) in [5, 5.41) is 2.56. The van der Waals surface area contributed by atoms with E-state index in [0.29, 0.717) is 30.6 Å². The molecule has 0 radical (unpaired) electrons. The summed E-state index contributed by atoms with van der Waals surface area (Å²) in [6.07, 6.45) is 1.69. The Kier molecular flexibility index (Phi) is 5.75. The Bertz CT molecular complexity index is 928. The van der Waals surface area contributed by atoms with Crippen molar-refractivity contribution >= 4 is 62.2 Å². The molecule has 1 fully saturated rings. The van der Waals surface area contributed by atoms with Gasteiger partial charge in [0.25, 0.3) is 5.91 Å². The number of carbonyl (C=O) groups is 2. The van der Waals surface area contributed by atoms with Crippen molar-refractivity contribution in [3.63, 3.8) is 0 Å². The molecule has 26 heavy (non-hydrogen) atoms. The van der Waals surface area contributed by atoms with Crippen LogP contribution in [-0.2, 0) is 4.79 Å². The van der Waals surface area contributed by atoms with Crippen LogP contribution in [-0.4, -0.2) is 23.3 Å². The number of halogens is 1. The third kappa shape index (κ3) is 4.14. The van der Waals surface area contributed by atoms with Crippen LogP contribution < -0.4 is 14.8 Å². The van der Waals surface area contributed by atoms with Crippen LogP contribution in [0.3, 0.4) is 0 Å². The lowest BCUT2D eigenvalue weighted by atomic mass is 10.1. The van der Waals surface area contributed by atoms with Gasteiger partial charge in [0, 0.05) is 0 Å². The molecule has 1 saturated heterocycles. The van der Waals surface area contributed by atoms with E-state index in [2.05, 4.69) is 21.2 Å². The summed E-state index contributed by atoms with van der Waals surface area (Å²) in [6, 6.07) is 12.1. The SMILES string of the molecule is COc1cc(C=C2SC(=S)NC2=O)cc(Br)c1OC(=O)c1ccccc1. The fourth-order valence-corrected chi connectivity index (χ4v) is 3.81. The smallest absolute Gasteiger partial charge is 0.343 e. The van der Waals surface area contributed by atoms with Crippen LogP contribution in [0.1, 0.15) is 15.9 Å². The largest absolute Gasteiger partial charge is 0.493 e. The number of carbonyl (C=O) groups excluding carboxylic acids is 2. The van der Waals surface area contributed by atoms with E-state index in [1.54, 1.807) is 42.5 Å². The van der Waals surface area contributed by atoms with Gasteiger partial charge in [-0.1, -0.05) is 42.2 Å². The first-order chi connectivity index (χ1) is 12.5. The number of hydrogen-bond acceptors (Lipinski definition) is 6. The molecule has 1 aliphatic heterocycles. The number of amides is 1. The number of esters is 1. The zero-order valence-corrected chi connectivity index (χ0v) is 16.7. The Hall–Kier alpha value is -2.16. The van der Waals surface area contributed by atoms with Crippen LogP contribution in [0.2, 0.25) is 0 Å². The van der Waals surface area contributed by atoms with E-state index in [1.807, 2.05) is 6.07 Å². The van der Waals surface area contributed by atoms with Crippen LogP contribution in [0.4, 0.5) is 0 Å². The van der Waals surface area contributed by atoms with Crippen LogP contribution in [0.25, 0.3) is 6.08 Å². The summed E-state index contributed by atoms with van der Waals surface area (Å²) in [5.41, 5.74) is 1.13. The van der Waals surface area contributed by atoms with E-state index >= 15 is 0 Å². The van der Waals surface area contributed by atoms with E-state index in [9.17, 15) is 9.59 Å². The van der Waals surface area contributed by atoms with Crippen molar-refractivity contribution in [2.45, 2.75) is 0 Å². The average Bonchev–Trinajstić information content (AvgIpc) is 2.94. The number of rotatable bonds is 4. The molecule has 0 aliphatic carbocycles. The first-order valence-corrected chi connectivity index (χ1v) is 9.39. The highest BCUT2D eigenvalue weighted by Crippen LogP contribution is 2.38. The van der Waals surface area contributed by atoms with Crippen molar-refractivity contribution in [3.8, 4) is 11.5 Å². The van der Waals surface area contributed by atoms with Crippen molar-refractivity contribution in [3.05, 3.63) is 63.0 Å². The van der Waals surface area contributed by atoms with Crippen molar-refractivity contribution in [2.75, 3.05) is 7.11 Å². The summed E-state index contributed by atoms with van der Waals surface area (Å²) in [7, 11) is 1.48. The average molecular weight is 450 g/mol. The lowest BCUT2D eigenvalue weighted by molar-refractivity contribution is -0.115. The minimum absolute atomic E-state index is 0.241. The van der Waals surface area contributed by atoms with Crippen LogP contribution in [0, 0.1) is 0 Å². The molecule has 1 N–H and O–H groups in total. The van der Waals surface area contributed by atoms with Gasteiger partial charge in [0.05, 0.1) is 22.1 Å². The molecule has 2 aromatic rings. The van der Waals surface area contributed by atoms with Gasteiger partial charge in [0.15, 0.2) is 11.5 Å². The summed E-state index contributed by atoms with van der Waals surface area (Å²) in [6.45, 7) is 0. The quantitative estimate of drug-likeness (QED) is 0.327. The molecule has 1 amide bonds. The molecule has 0 saturated carbocycles. The molecule has 8 heteroatoms. The minimum Gasteiger partial charge on any atom is -0.493 e. The predicted octanol–water partition coefficient (Wildman–Crippen LogP) is 4.17. The number of thiocarbonyl (C=S) groups is 1. The maximum absolute atomic E-state index is 12.3. The number of thioether (sulfide) groups is 1. The van der Waals surface area contributed by atoms with Gasteiger partial charge in [-0.3, -0.25) is 4.79 Å². The summed E-state index contributed by atoms with van der Waals surface area (Å²) in [4.78, 5) is 24.6. The summed E-state index contributed by atoms with van der Waals surface area (Å²) < 4.78 is 11.8. The highest BCUT2D eigenvalue weighted by Gasteiger charge is 2.23. The second-order valence-electron chi connectivity index (χ2n) is 5.14. The van der Waals surface area contributed by atoms with Crippen LogP contribution in [0.15, 0.2) is 51.8 Å². The van der Waals surface area contributed by atoms with E-state index in [1.165, 1.54) is 18.9 Å². The van der Waals surface area contributed by atoms with Gasteiger partial charge in [-0.15, -0.1) is 0 Å². The first-order valence-electron chi connectivity index (χ1n) is 7.37. The molecular weight excluding hydrogens is 438 g/mol. The Morgan fingerprint density at radius 1 is 1.27 bits per heavy atom. The topological polar surface area (TPSA) is 64.6 Å². The first kappa shape index (κ1) is 18.6. The van der Waals surface area contributed by atoms with Crippen molar-refractivity contribution in [2.24, 2.45) is 0 Å². The molecule has 0 aromatic heterocycles. The van der Waals surface area contributed by atoms with Gasteiger partial charge < -0.3 is 14.8 Å². The third-order valence-electron chi connectivity index (χ3n) is 3.40. The van der Waals surface area contributed by atoms with Crippen LogP contribution in [0.5, 0.6) is 11.5 Å². The van der Waals surface area contributed by atoms with Crippen molar-refractivity contribution in [1.29, 1.82) is 0 Å². The Labute approximate surface area is 167 Å². The second kappa shape index (κ2) is 8.03. The fraction of sp³-hybridized carbons (Fsp3) is 0.0556. The maximum Gasteiger partial charge on any atom is 0.343 e. The van der Waals surface area contributed by atoms with Crippen molar-refractivity contribution < 1.29 is 19.1 Å². The molecule has 0 spiro atoms. The number of nitrogens with one attached hydrogen (secondary N) is 1. The zero-order valence-electron chi connectivity index (χ0n) is 13.4. The van der Waals surface area contributed by atoms with Crippen molar-refractivity contribution in [1.82, 2.24) is 5.32 Å². The zero-order chi connectivity index (χ0) is 18.7. The Balaban J connectivity index is 1.91. The lowest BCUT2D eigenvalue weighted by Crippen LogP contribution is -2.17. The van der Waals surface area contributed by atoms with Crippen LogP contribution >= 0.6 is 39.9 Å². The predicted molar refractivity (Wildman–Crippen MR) is 108 cm³/mol. The van der Waals surface area contributed by atoms with E-state index < -0.39 is 5.97 Å². The molecule has 5 nitrogen and oxygen atoms in total. The monoisotopic (exact) mass is 449 g/mol. The molecule has 3 rings (SSSR count). The normalized spacial score (nSPS) is 15.1.